The summed E-state index contributed by atoms with van der Waals surface area (Å²) in [6, 6.07) is 6.74. The summed E-state index contributed by atoms with van der Waals surface area (Å²) in [5, 5.41) is 0.833. The van der Waals surface area contributed by atoms with E-state index in [1.54, 1.807) is 0 Å². The number of fused-ring (bicyclic) bond motifs is 1. The van der Waals surface area contributed by atoms with Gasteiger partial charge in [-0.1, -0.05) is 18.5 Å². The van der Waals surface area contributed by atoms with E-state index in [-0.39, 0.29) is 0 Å². The zero-order valence-corrected chi connectivity index (χ0v) is 10.7. The van der Waals surface area contributed by atoms with Gasteiger partial charge in [0.1, 0.15) is 0 Å². The summed E-state index contributed by atoms with van der Waals surface area (Å²) >= 11 is 6.01. The highest BCUT2D eigenvalue weighted by Gasteiger charge is 2.27. The van der Waals surface area contributed by atoms with Crippen LogP contribution < -0.4 is 10.6 Å². The van der Waals surface area contributed by atoms with Crippen molar-refractivity contribution in [2.45, 2.75) is 25.8 Å². The molecule has 0 fully saturated rings. The number of benzene rings is 1. The fourth-order valence-corrected chi connectivity index (χ4v) is 2.65. The van der Waals surface area contributed by atoms with Gasteiger partial charge < -0.3 is 10.6 Å². The molecular formula is C13H19ClN2. The molecule has 88 valence electrons. The molecule has 0 amide bonds. The Hall–Kier alpha value is -0.730. The maximum Gasteiger partial charge on any atom is 0.0410 e. The molecule has 1 aliphatic heterocycles. The first kappa shape index (κ1) is 11.7. The van der Waals surface area contributed by atoms with E-state index in [2.05, 4.69) is 31.0 Å². The van der Waals surface area contributed by atoms with Crippen molar-refractivity contribution in [1.29, 1.82) is 0 Å². The van der Waals surface area contributed by atoms with Gasteiger partial charge in [-0.05, 0) is 49.1 Å². The number of nitrogens with zero attached hydrogens (tertiary/aromatic N) is 1. The summed E-state index contributed by atoms with van der Waals surface area (Å²) in [6.07, 6.45) is 2.25. The van der Waals surface area contributed by atoms with Crippen molar-refractivity contribution in [3.05, 3.63) is 28.8 Å². The molecule has 0 saturated carbocycles. The Kier molecular flexibility index (Phi) is 3.41. The van der Waals surface area contributed by atoms with Gasteiger partial charge in [-0.3, -0.25) is 0 Å². The number of hydrogen-bond acceptors (Lipinski definition) is 2. The maximum absolute atomic E-state index is 6.01. The van der Waals surface area contributed by atoms with Crippen LogP contribution >= 0.6 is 11.6 Å². The van der Waals surface area contributed by atoms with E-state index in [1.165, 1.54) is 11.3 Å². The summed E-state index contributed by atoms with van der Waals surface area (Å²) in [7, 11) is 2.16. The third kappa shape index (κ3) is 2.18. The van der Waals surface area contributed by atoms with Crippen LogP contribution in [0.1, 0.15) is 18.9 Å². The standard InChI is InChI=1S/C13H19ClN2/c1-9(8-15)5-12-7-10-6-11(14)3-4-13(10)16(12)2/h3-4,6,9,12H,5,7-8,15H2,1-2H3. The van der Waals surface area contributed by atoms with Gasteiger partial charge in [-0.25, -0.2) is 0 Å². The number of nitrogens with two attached hydrogens (primary N) is 1. The molecule has 0 saturated heterocycles. The average Bonchev–Trinajstić information content (AvgIpc) is 2.55. The largest absolute Gasteiger partial charge is 0.371 e. The van der Waals surface area contributed by atoms with Crippen molar-refractivity contribution >= 4 is 17.3 Å². The first-order valence-corrected chi connectivity index (χ1v) is 6.21. The molecule has 2 unspecified atom stereocenters. The molecule has 2 rings (SSSR count). The molecule has 1 heterocycles. The van der Waals surface area contributed by atoms with Crippen molar-refractivity contribution in [3.8, 4) is 0 Å². The van der Waals surface area contributed by atoms with Crippen LogP contribution in [0.3, 0.4) is 0 Å². The minimum atomic E-state index is 0.576. The zero-order valence-electron chi connectivity index (χ0n) is 9.91. The second-order valence-corrected chi connectivity index (χ2v) is 5.25. The molecule has 1 aromatic carbocycles. The second kappa shape index (κ2) is 4.64. The molecule has 1 aromatic rings. The van der Waals surface area contributed by atoms with Crippen LogP contribution in [0.25, 0.3) is 0 Å². The molecule has 0 bridgehead atoms. The van der Waals surface area contributed by atoms with Crippen LogP contribution in [0.15, 0.2) is 18.2 Å². The summed E-state index contributed by atoms with van der Waals surface area (Å²) in [5.41, 5.74) is 8.37. The van der Waals surface area contributed by atoms with Gasteiger partial charge in [0.2, 0.25) is 0 Å². The van der Waals surface area contributed by atoms with Gasteiger partial charge in [-0.15, -0.1) is 0 Å². The number of hydrogen-bond donors (Lipinski definition) is 1. The van der Waals surface area contributed by atoms with E-state index >= 15 is 0 Å². The molecule has 0 aliphatic carbocycles. The second-order valence-electron chi connectivity index (χ2n) is 4.82. The first-order chi connectivity index (χ1) is 7.61. The van der Waals surface area contributed by atoms with Gasteiger partial charge in [-0.2, -0.15) is 0 Å². The minimum Gasteiger partial charge on any atom is -0.371 e. The van der Waals surface area contributed by atoms with Crippen LogP contribution in [-0.2, 0) is 6.42 Å². The van der Waals surface area contributed by atoms with Crippen molar-refractivity contribution in [3.63, 3.8) is 0 Å². The Bertz CT molecular complexity index is 378. The highest BCUT2D eigenvalue weighted by Crippen LogP contribution is 2.34. The quantitative estimate of drug-likeness (QED) is 0.878. The average molecular weight is 239 g/mol. The van der Waals surface area contributed by atoms with Crippen molar-refractivity contribution in [1.82, 2.24) is 0 Å². The SMILES string of the molecule is CC(CN)CC1Cc2cc(Cl)ccc2N1C. The lowest BCUT2D eigenvalue weighted by molar-refractivity contribution is 0.469. The highest BCUT2D eigenvalue weighted by molar-refractivity contribution is 6.30. The molecular weight excluding hydrogens is 220 g/mol. The molecule has 0 spiro atoms. The molecule has 2 nitrogen and oxygen atoms in total. The number of anilines is 1. The molecule has 0 radical (unpaired) electrons. The first-order valence-electron chi connectivity index (χ1n) is 5.83. The smallest absolute Gasteiger partial charge is 0.0410 e. The molecule has 0 aromatic heterocycles. The zero-order chi connectivity index (χ0) is 11.7. The predicted octanol–water partition coefficient (Wildman–Crippen LogP) is 2.69. The fourth-order valence-electron chi connectivity index (χ4n) is 2.45. The Morgan fingerprint density at radius 1 is 1.56 bits per heavy atom. The van der Waals surface area contributed by atoms with E-state index in [0.29, 0.717) is 12.0 Å². The number of rotatable bonds is 3. The van der Waals surface area contributed by atoms with E-state index in [9.17, 15) is 0 Å². The Balaban J connectivity index is 2.14. The van der Waals surface area contributed by atoms with Crippen molar-refractivity contribution < 1.29 is 0 Å². The van der Waals surface area contributed by atoms with Crippen LogP contribution in [-0.4, -0.2) is 19.6 Å². The maximum atomic E-state index is 6.01. The van der Waals surface area contributed by atoms with E-state index in [4.69, 9.17) is 17.3 Å². The van der Waals surface area contributed by atoms with E-state index in [1.807, 2.05) is 6.07 Å². The van der Waals surface area contributed by atoms with Gasteiger partial charge in [0.05, 0.1) is 0 Å². The monoisotopic (exact) mass is 238 g/mol. The molecule has 1 aliphatic rings. The topological polar surface area (TPSA) is 29.3 Å². The van der Waals surface area contributed by atoms with Gasteiger partial charge in [0.25, 0.3) is 0 Å². The van der Waals surface area contributed by atoms with Gasteiger partial charge in [0.15, 0.2) is 0 Å². The van der Waals surface area contributed by atoms with Crippen molar-refractivity contribution in [2.24, 2.45) is 11.7 Å². The predicted molar refractivity (Wildman–Crippen MR) is 70.2 cm³/mol. The number of likely N-dealkylation sites (N-methyl/N-ethyl adjacent to an activating group) is 1. The normalized spacial score (nSPS) is 21.0. The Morgan fingerprint density at radius 2 is 2.31 bits per heavy atom. The number of halogens is 1. The summed E-state index contributed by atoms with van der Waals surface area (Å²) in [4.78, 5) is 2.36. The van der Waals surface area contributed by atoms with E-state index in [0.717, 1.165) is 24.4 Å². The summed E-state index contributed by atoms with van der Waals surface area (Å²) in [6.45, 7) is 2.98. The van der Waals surface area contributed by atoms with Crippen molar-refractivity contribution in [2.75, 3.05) is 18.5 Å². The fraction of sp³-hybridized carbons (Fsp3) is 0.538. The Morgan fingerprint density at radius 3 is 3.00 bits per heavy atom. The molecule has 2 atom stereocenters. The highest BCUT2D eigenvalue weighted by atomic mass is 35.5. The lowest BCUT2D eigenvalue weighted by Gasteiger charge is -2.24. The third-order valence-corrected chi connectivity index (χ3v) is 3.74. The lowest BCUT2D eigenvalue weighted by Crippen LogP contribution is -2.31. The lowest BCUT2D eigenvalue weighted by atomic mass is 9.99. The molecule has 2 N–H and O–H groups in total. The van der Waals surface area contributed by atoms with Crippen LogP contribution in [0.4, 0.5) is 5.69 Å². The van der Waals surface area contributed by atoms with Crippen LogP contribution in [0.5, 0.6) is 0 Å². The third-order valence-electron chi connectivity index (χ3n) is 3.50. The summed E-state index contributed by atoms with van der Waals surface area (Å²) < 4.78 is 0. The molecule has 16 heavy (non-hydrogen) atoms. The Labute approximate surface area is 102 Å². The van der Waals surface area contributed by atoms with Gasteiger partial charge >= 0.3 is 0 Å². The van der Waals surface area contributed by atoms with Crippen LogP contribution in [0, 0.1) is 5.92 Å². The van der Waals surface area contributed by atoms with E-state index < -0.39 is 0 Å². The summed E-state index contributed by atoms with van der Waals surface area (Å²) in [5.74, 6) is 0.581. The van der Waals surface area contributed by atoms with Crippen LogP contribution in [0.2, 0.25) is 5.02 Å². The minimum absolute atomic E-state index is 0.576. The molecule has 3 heteroatoms. The van der Waals surface area contributed by atoms with Gasteiger partial charge in [0, 0.05) is 23.8 Å².